The van der Waals surface area contributed by atoms with Gasteiger partial charge in [0.2, 0.25) is 0 Å². The Morgan fingerprint density at radius 3 is 2.38 bits per heavy atom. The number of likely N-dealkylation sites (N-methyl/N-ethyl adjacent to an activating group) is 2. The molecular formula is C12H23N4+. The Bertz CT molecular complexity index is 355. The second-order valence-corrected chi connectivity index (χ2v) is 5.25. The van der Waals surface area contributed by atoms with E-state index in [1.807, 2.05) is 25.2 Å². The molecule has 0 aliphatic heterocycles. The Balaban J connectivity index is 2.73. The highest BCUT2D eigenvalue weighted by Crippen LogP contribution is 2.24. The SMILES string of the molecule is CN(CC[N+](C)(C)C)c1cc(N)ccc1N. The van der Waals surface area contributed by atoms with Crippen LogP contribution in [0.5, 0.6) is 0 Å². The summed E-state index contributed by atoms with van der Waals surface area (Å²) in [6.45, 7) is 2.02. The summed E-state index contributed by atoms with van der Waals surface area (Å²) in [4.78, 5) is 2.15. The highest BCUT2D eigenvalue weighted by molar-refractivity contribution is 5.71. The summed E-state index contributed by atoms with van der Waals surface area (Å²) in [7, 11) is 8.57. The number of quaternary nitrogens is 1. The van der Waals surface area contributed by atoms with Crippen LogP contribution in [0, 0.1) is 0 Å². The summed E-state index contributed by atoms with van der Waals surface area (Å²) in [5.74, 6) is 0. The van der Waals surface area contributed by atoms with E-state index >= 15 is 0 Å². The summed E-state index contributed by atoms with van der Waals surface area (Å²) in [5, 5.41) is 0. The average molecular weight is 223 g/mol. The zero-order valence-electron chi connectivity index (χ0n) is 10.7. The number of anilines is 3. The van der Waals surface area contributed by atoms with Gasteiger partial charge in [0, 0.05) is 12.7 Å². The van der Waals surface area contributed by atoms with Gasteiger partial charge in [-0.05, 0) is 18.2 Å². The van der Waals surface area contributed by atoms with E-state index in [0.29, 0.717) is 0 Å². The van der Waals surface area contributed by atoms with Crippen molar-refractivity contribution < 1.29 is 4.48 Å². The molecule has 0 bridgehead atoms. The van der Waals surface area contributed by atoms with Gasteiger partial charge in [-0.3, -0.25) is 0 Å². The zero-order valence-corrected chi connectivity index (χ0v) is 10.7. The maximum absolute atomic E-state index is 5.93. The van der Waals surface area contributed by atoms with Gasteiger partial charge >= 0.3 is 0 Å². The van der Waals surface area contributed by atoms with Gasteiger partial charge < -0.3 is 20.9 Å². The molecule has 0 aliphatic rings. The third kappa shape index (κ3) is 3.62. The Morgan fingerprint density at radius 1 is 1.19 bits per heavy atom. The summed E-state index contributed by atoms with van der Waals surface area (Å²) in [6.07, 6.45) is 0. The van der Waals surface area contributed by atoms with Crippen LogP contribution < -0.4 is 16.4 Å². The van der Waals surface area contributed by atoms with Gasteiger partial charge in [0.1, 0.15) is 0 Å². The van der Waals surface area contributed by atoms with Crippen LogP contribution in [0.2, 0.25) is 0 Å². The van der Waals surface area contributed by atoms with Crippen molar-refractivity contribution in [2.45, 2.75) is 0 Å². The maximum Gasteiger partial charge on any atom is 0.0958 e. The first-order valence-corrected chi connectivity index (χ1v) is 5.46. The van der Waals surface area contributed by atoms with Crippen molar-refractivity contribution in [1.29, 1.82) is 0 Å². The predicted molar refractivity (Wildman–Crippen MR) is 71.4 cm³/mol. The minimum Gasteiger partial charge on any atom is -0.399 e. The monoisotopic (exact) mass is 223 g/mol. The quantitative estimate of drug-likeness (QED) is 0.591. The highest BCUT2D eigenvalue weighted by Gasteiger charge is 2.11. The average Bonchev–Trinajstić information content (AvgIpc) is 2.17. The van der Waals surface area contributed by atoms with E-state index in [2.05, 4.69) is 26.0 Å². The topological polar surface area (TPSA) is 55.3 Å². The lowest BCUT2D eigenvalue weighted by atomic mass is 10.2. The molecule has 0 spiro atoms. The first-order chi connectivity index (χ1) is 7.29. The van der Waals surface area contributed by atoms with E-state index in [1.54, 1.807) is 0 Å². The number of hydrogen-bond donors (Lipinski definition) is 2. The van der Waals surface area contributed by atoms with Crippen LogP contribution in [0.3, 0.4) is 0 Å². The van der Waals surface area contributed by atoms with Crippen molar-refractivity contribution in [3.63, 3.8) is 0 Å². The molecular weight excluding hydrogens is 200 g/mol. The molecule has 0 saturated carbocycles. The van der Waals surface area contributed by atoms with Gasteiger partial charge in [0.05, 0.1) is 45.6 Å². The van der Waals surface area contributed by atoms with Crippen molar-refractivity contribution >= 4 is 17.1 Å². The van der Waals surface area contributed by atoms with E-state index in [1.165, 1.54) is 0 Å². The van der Waals surface area contributed by atoms with Crippen molar-refractivity contribution in [3.05, 3.63) is 18.2 Å². The molecule has 0 aliphatic carbocycles. The van der Waals surface area contributed by atoms with Gasteiger partial charge in [-0.1, -0.05) is 0 Å². The molecule has 0 unspecified atom stereocenters. The standard InChI is InChI=1S/C12H23N4/c1-15(7-8-16(2,3)4)12-9-10(13)5-6-11(12)14/h5-6,9H,7-8,13-14H2,1-4H3/q+1. The molecule has 90 valence electrons. The number of benzene rings is 1. The van der Waals surface area contributed by atoms with Crippen molar-refractivity contribution in [2.24, 2.45) is 0 Å². The maximum atomic E-state index is 5.93. The second kappa shape index (κ2) is 4.61. The molecule has 1 aromatic rings. The van der Waals surface area contributed by atoms with Crippen LogP contribution in [-0.4, -0.2) is 45.8 Å². The fourth-order valence-electron chi connectivity index (χ4n) is 1.46. The first kappa shape index (κ1) is 12.6. The Hall–Kier alpha value is -1.42. The first-order valence-electron chi connectivity index (χ1n) is 5.46. The van der Waals surface area contributed by atoms with Crippen LogP contribution >= 0.6 is 0 Å². The number of nitrogen functional groups attached to an aromatic ring is 2. The van der Waals surface area contributed by atoms with Crippen LogP contribution in [0.25, 0.3) is 0 Å². The van der Waals surface area contributed by atoms with Gasteiger partial charge in [0.25, 0.3) is 0 Å². The van der Waals surface area contributed by atoms with Gasteiger partial charge in [-0.25, -0.2) is 0 Å². The van der Waals surface area contributed by atoms with Crippen molar-refractivity contribution in [1.82, 2.24) is 0 Å². The van der Waals surface area contributed by atoms with Crippen LogP contribution in [0.15, 0.2) is 18.2 Å². The minimum atomic E-state index is 0.751. The number of nitrogens with zero attached hydrogens (tertiary/aromatic N) is 2. The van der Waals surface area contributed by atoms with Crippen LogP contribution in [0.1, 0.15) is 0 Å². The zero-order chi connectivity index (χ0) is 12.3. The molecule has 4 N–H and O–H groups in total. The molecule has 0 amide bonds. The molecule has 4 heteroatoms. The summed E-state index contributed by atoms with van der Waals surface area (Å²) in [5.41, 5.74) is 14.2. The lowest BCUT2D eigenvalue weighted by Crippen LogP contribution is -2.41. The van der Waals surface area contributed by atoms with E-state index < -0.39 is 0 Å². The minimum absolute atomic E-state index is 0.751. The van der Waals surface area contributed by atoms with Gasteiger partial charge in [-0.15, -0.1) is 0 Å². The molecule has 0 radical (unpaired) electrons. The smallest absolute Gasteiger partial charge is 0.0958 e. The number of hydrogen-bond acceptors (Lipinski definition) is 3. The van der Waals surface area contributed by atoms with Crippen molar-refractivity contribution in [2.75, 3.05) is 57.6 Å². The Morgan fingerprint density at radius 2 is 1.81 bits per heavy atom. The number of nitrogens with two attached hydrogens (primary N) is 2. The third-order valence-corrected chi connectivity index (χ3v) is 2.57. The molecule has 0 heterocycles. The fraction of sp³-hybridized carbons (Fsp3) is 0.500. The summed E-state index contributed by atoms with van der Waals surface area (Å²) < 4.78 is 0.937. The molecule has 0 atom stereocenters. The Labute approximate surface area is 98.0 Å². The summed E-state index contributed by atoms with van der Waals surface area (Å²) >= 11 is 0. The summed E-state index contributed by atoms with van der Waals surface area (Å²) in [6, 6.07) is 5.60. The lowest BCUT2D eigenvalue weighted by Gasteiger charge is -2.28. The van der Waals surface area contributed by atoms with Crippen LogP contribution in [-0.2, 0) is 0 Å². The number of rotatable bonds is 4. The van der Waals surface area contributed by atoms with Gasteiger partial charge in [-0.2, -0.15) is 0 Å². The third-order valence-electron chi connectivity index (χ3n) is 2.57. The molecule has 16 heavy (non-hydrogen) atoms. The van der Waals surface area contributed by atoms with Gasteiger partial charge in [0.15, 0.2) is 0 Å². The van der Waals surface area contributed by atoms with E-state index in [-0.39, 0.29) is 0 Å². The molecule has 0 fully saturated rings. The highest BCUT2D eigenvalue weighted by atomic mass is 15.3. The molecule has 1 rings (SSSR count). The van der Waals surface area contributed by atoms with E-state index in [9.17, 15) is 0 Å². The molecule has 4 nitrogen and oxygen atoms in total. The normalized spacial score (nSPS) is 11.5. The lowest BCUT2D eigenvalue weighted by molar-refractivity contribution is -0.868. The van der Waals surface area contributed by atoms with E-state index in [0.717, 1.165) is 34.6 Å². The molecule has 0 saturated heterocycles. The second-order valence-electron chi connectivity index (χ2n) is 5.25. The molecule has 1 aromatic carbocycles. The molecule has 0 aromatic heterocycles. The van der Waals surface area contributed by atoms with Crippen LogP contribution in [0.4, 0.5) is 17.1 Å². The fourth-order valence-corrected chi connectivity index (χ4v) is 1.46. The van der Waals surface area contributed by atoms with E-state index in [4.69, 9.17) is 11.5 Å². The Kier molecular flexibility index (Phi) is 3.65. The van der Waals surface area contributed by atoms with Crippen molar-refractivity contribution in [3.8, 4) is 0 Å². The largest absolute Gasteiger partial charge is 0.399 e. The predicted octanol–water partition coefficient (Wildman–Crippen LogP) is 0.993.